The molecule has 1 rings (SSSR count). The largest absolute Gasteiger partial charge is 0.466 e. The fourth-order valence-electron chi connectivity index (χ4n) is 1.18. The van der Waals surface area contributed by atoms with Gasteiger partial charge in [-0.15, -0.1) is 0 Å². The molecule has 1 aromatic rings. The van der Waals surface area contributed by atoms with E-state index in [9.17, 15) is 19.3 Å². The molecule has 0 unspecified atom stereocenters. The molecule has 0 atom stereocenters. The Morgan fingerprint density at radius 1 is 1.56 bits per heavy atom. The Balaban J connectivity index is 2.90. The monoisotopic (exact) mass is 227 g/mol. The molecule has 5 nitrogen and oxygen atoms in total. The van der Waals surface area contributed by atoms with Crippen molar-refractivity contribution >= 4 is 11.7 Å². The summed E-state index contributed by atoms with van der Waals surface area (Å²) in [5, 5.41) is 10.4. The van der Waals surface area contributed by atoms with Gasteiger partial charge in [-0.25, -0.2) is 4.39 Å². The average Bonchev–Trinajstić information content (AvgIpc) is 2.21. The minimum absolute atomic E-state index is 0.0346. The lowest BCUT2D eigenvalue weighted by Crippen LogP contribution is -2.09. The van der Waals surface area contributed by atoms with E-state index in [4.69, 9.17) is 0 Å². The molecule has 0 aliphatic heterocycles. The van der Waals surface area contributed by atoms with Crippen molar-refractivity contribution in [3.63, 3.8) is 0 Å². The lowest BCUT2D eigenvalue weighted by atomic mass is 10.1. The number of nitrogens with zero attached hydrogens (tertiary/aromatic N) is 1. The van der Waals surface area contributed by atoms with Crippen molar-refractivity contribution in [3.8, 4) is 0 Å². The quantitative estimate of drug-likeness (QED) is 0.447. The van der Waals surface area contributed by atoms with Crippen molar-refractivity contribution in [2.24, 2.45) is 0 Å². The number of nitro groups is 1. The molecule has 0 aliphatic carbocycles. The summed E-state index contributed by atoms with van der Waals surface area (Å²) < 4.78 is 17.8. The third-order valence-corrected chi connectivity index (χ3v) is 1.88. The molecule has 0 radical (unpaired) electrons. The second-order valence-corrected chi connectivity index (χ2v) is 3.01. The molecule has 0 N–H and O–H groups in total. The van der Waals surface area contributed by atoms with Crippen LogP contribution in [0, 0.1) is 15.9 Å². The molecule has 86 valence electrons. The maximum atomic E-state index is 13.2. The van der Waals surface area contributed by atoms with E-state index in [2.05, 4.69) is 4.74 Å². The molecule has 1 aromatic carbocycles. The Labute approximate surface area is 91.0 Å². The number of ether oxygens (including phenoxy) is 1. The SMILES string of the molecule is CCOC(=O)Cc1cc([N+](=O)[O-])ccc1F. The molecule has 0 aliphatic rings. The number of hydrogen-bond donors (Lipinski definition) is 0. The summed E-state index contributed by atoms with van der Waals surface area (Å²) in [5.41, 5.74) is -0.284. The van der Waals surface area contributed by atoms with Crippen molar-refractivity contribution in [3.05, 3.63) is 39.7 Å². The highest BCUT2D eigenvalue weighted by molar-refractivity contribution is 5.72. The number of halogens is 1. The lowest BCUT2D eigenvalue weighted by Gasteiger charge is -2.03. The van der Waals surface area contributed by atoms with E-state index in [1.54, 1.807) is 6.92 Å². The molecule has 0 heterocycles. The number of rotatable bonds is 4. The number of non-ortho nitro benzene ring substituents is 1. The van der Waals surface area contributed by atoms with E-state index in [-0.39, 0.29) is 24.3 Å². The molecule has 0 saturated heterocycles. The summed E-state index contributed by atoms with van der Waals surface area (Å²) in [6.45, 7) is 1.82. The highest BCUT2D eigenvalue weighted by atomic mass is 19.1. The van der Waals surface area contributed by atoms with Gasteiger partial charge >= 0.3 is 5.97 Å². The van der Waals surface area contributed by atoms with Gasteiger partial charge in [0, 0.05) is 17.7 Å². The third-order valence-electron chi connectivity index (χ3n) is 1.88. The van der Waals surface area contributed by atoms with Gasteiger partial charge in [-0.1, -0.05) is 0 Å². The first kappa shape index (κ1) is 12.1. The van der Waals surface area contributed by atoms with Crippen LogP contribution in [0.2, 0.25) is 0 Å². The first-order valence-electron chi connectivity index (χ1n) is 4.63. The second-order valence-electron chi connectivity index (χ2n) is 3.01. The van der Waals surface area contributed by atoms with Gasteiger partial charge in [0.1, 0.15) is 5.82 Å². The predicted octanol–water partition coefficient (Wildman–Crippen LogP) is 1.84. The molecule has 0 bridgehead atoms. The van der Waals surface area contributed by atoms with E-state index in [0.29, 0.717) is 0 Å². The zero-order chi connectivity index (χ0) is 12.1. The van der Waals surface area contributed by atoms with Gasteiger partial charge < -0.3 is 4.74 Å². The zero-order valence-corrected chi connectivity index (χ0v) is 8.60. The van der Waals surface area contributed by atoms with Crippen LogP contribution in [-0.4, -0.2) is 17.5 Å². The normalized spacial score (nSPS) is 9.88. The summed E-state index contributed by atoms with van der Waals surface area (Å²) in [6.07, 6.45) is -0.304. The number of carbonyl (C=O) groups is 1. The molecular formula is C10H10FNO4. The van der Waals surface area contributed by atoms with Crippen LogP contribution in [0.25, 0.3) is 0 Å². The summed E-state index contributed by atoms with van der Waals surface area (Å²) in [4.78, 5) is 20.9. The molecule has 0 fully saturated rings. The molecule has 6 heteroatoms. The van der Waals surface area contributed by atoms with Crippen LogP contribution in [0.15, 0.2) is 18.2 Å². The fraction of sp³-hybridized carbons (Fsp3) is 0.300. The van der Waals surface area contributed by atoms with Crippen molar-refractivity contribution in [2.45, 2.75) is 13.3 Å². The van der Waals surface area contributed by atoms with Crippen molar-refractivity contribution in [2.75, 3.05) is 6.61 Å². The Morgan fingerprint density at radius 3 is 2.81 bits per heavy atom. The minimum atomic E-state index is -0.654. The Kier molecular flexibility index (Phi) is 3.93. The van der Waals surface area contributed by atoms with Gasteiger partial charge in [0.2, 0.25) is 0 Å². The van der Waals surface area contributed by atoms with Gasteiger partial charge in [0.25, 0.3) is 5.69 Å². The average molecular weight is 227 g/mol. The predicted molar refractivity (Wildman–Crippen MR) is 53.4 cm³/mol. The van der Waals surface area contributed by atoms with Crippen molar-refractivity contribution < 1.29 is 18.8 Å². The molecule has 0 amide bonds. The van der Waals surface area contributed by atoms with E-state index < -0.39 is 16.7 Å². The maximum absolute atomic E-state index is 13.2. The van der Waals surface area contributed by atoms with Crippen LogP contribution in [0.3, 0.4) is 0 Å². The number of nitro benzene ring substituents is 1. The molecular weight excluding hydrogens is 217 g/mol. The molecule has 16 heavy (non-hydrogen) atoms. The summed E-state index contributed by atoms with van der Waals surface area (Å²) in [6, 6.07) is 3.04. The van der Waals surface area contributed by atoms with Gasteiger partial charge in [-0.05, 0) is 13.0 Å². The standard InChI is InChI=1S/C10H10FNO4/c1-2-16-10(13)6-7-5-8(12(14)15)3-4-9(7)11/h3-5H,2,6H2,1H3. The van der Waals surface area contributed by atoms with Crippen LogP contribution in [-0.2, 0) is 16.0 Å². The number of carbonyl (C=O) groups excluding carboxylic acids is 1. The summed E-state index contributed by atoms with van der Waals surface area (Å²) in [7, 11) is 0. The van der Waals surface area contributed by atoms with Crippen molar-refractivity contribution in [1.29, 1.82) is 0 Å². The highest BCUT2D eigenvalue weighted by Gasteiger charge is 2.14. The topological polar surface area (TPSA) is 69.4 Å². The Bertz CT molecular complexity index is 419. The van der Waals surface area contributed by atoms with E-state index in [1.807, 2.05) is 0 Å². The Hall–Kier alpha value is -1.98. The summed E-state index contributed by atoms with van der Waals surface area (Å²) in [5.74, 6) is -1.26. The number of benzene rings is 1. The Morgan fingerprint density at radius 2 is 2.25 bits per heavy atom. The number of esters is 1. The fourth-order valence-corrected chi connectivity index (χ4v) is 1.18. The van der Waals surface area contributed by atoms with Crippen LogP contribution in [0.1, 0.15) is 12.5 Å². The molecule has 0 saturated carbocycles. The molecule has 0 aromatic heterocycles. The molecule has 0 spiro atoms. The van der Waals surface area contributed by atoms with Crippen LogP contribution >= 0.6 is 0 Å². The second kappa shape index (κ2) is 5.20. The number of hydrogen-bond acceptors (Lipinski definition) is 4. The smallest absolute Gasteiger partial charge is 0.310 e. The first-order chi connectivity index (χ1) is 7.54. The van der Waals surface area contributed by atoms with Gasteiger partial charge in [-0.3, -0.25) is 14.9 Å². The zero-order valence-electron chi connectivity index (χ0n) is 8.60. The lowest BCUT2D eigenvalue weighted by molar-refractivity contribution is -0.385. The van der Waals surface area contributed by atoms with E-state index >= 15 is 0 Å². The maximum Gasteiger partial charge on any atom is 0.310 e. The summed E-state index contributed by atoms with van der Waals surface area (Å²) >= 11 is 0. The van der Waals surface area contributed by atoms with Gasteiger partial charge in [0.15, 0.2) is 0 Å². The van der Waals surface area contributed by atoms with Crippen molar-refractivity contribution in [1.82, 2.24) is 0 Å². The third kappa shape index (κ3) is 3.01. The van der Waals surface area contributed by atoms with Gasteiger partial charge in [-0.2, -0.15) is 0 Å². The van der Waals surface area contributed by atoms with E-state index in [0.717, 1.165) is 18.2 Å². The van der Waals surface area contributed by atoms with E-state index in [1.165, 1.54) is 0 Å². The highest BCUT2D eigenvalue weighted by Crippen LogP contribution is 2.17. The van der Waals surface area contributed by atoms with Crippen LogP contribution in [0.4, 0.5) is 10.1 Å². The minimum Gasteiger partial charge on any atom is -0.466 e. The first-order valence-corrected chi connectivity index (χ1v) is 4.63. The van der Waals surface area contributed by atoms with Gasteiger partial charge in [0.05, 0.1) is 18.0 Å². The van der Waals surface area contributed by atoms with Crippen LogP contribution < -0.4 is 0 Å². The van der Waals surface area contributed by atoms with Crippen LogP contribution in [0.5, 0.6) is 0 Å².